The highest BCUT2D eigenvalue weighted by Gasteiger charge is 2.17. The van der Waals surface area contributed by atoms with Crippen LogP contribution in [0.15, 0.2) is 18.6 Å². The standard InChI is InChI=1S/C12H17N5O/c1-2-13-10-9-17-4-3-14-11(17)12(15-10)16-5-7-18-8-6-16/h3-4,9,13H,2,5-8H2,1H3. The minimum atomic E-state index is 0.750. The Hall–Kier alpha value is -1.82. The average Bonchev–Trinajstić information content (AvgIpc) is 2.87. The molecule has 0 saturated carbocycles. The van der Waals surface area contributed by atoms with E-state index in [1.807, 2.05) is 16.8 Å². The third kappa shape index (κ3) is 1.99. The summed E-state index contributed by atoms with van der Waals surface area (Å²) in [5, 5.41) is 3.25. The van der Waals surface area contributed by atoms with E-state index in [0.29, 0.717) is 0 Å². The lowest BCUT2D eigenvalue weighted by molar-refractivity contribution is 0.122. The molecule has 3 rings (SSSR count). The van der Waals surface area contributed by atoms with Gasteiger partial charge in [0.25, 0.3) is 0 Å². The number of imidazole rings is 1. The molecule has 3 heterocycles. The van der Waals surface area contributed by atoms with Crippen molar-refractivity contribution < 1.29 is 4.74 Å². The molecule has 0 amide bonds. The summed E-state index contributed by atoms with van der Waals surface area (Å²) in [4.78, 5) is 11.3. The Morgan fingerprint density at radius 3 is 3.00 bits per heavy atom. The first kappa shape index (κ1) is 11.3. The van der Waals surface area contributed by atoms with E-state index in [1.165, 1.54) is 0 Å². The quantitative estimate of drug-likeness (QED) is 0.877. The molecule has 1 aliphatic rings. The first-order valence-electron chi connectivity index (χ1n) is 6.29. The van der Waals surface area contributed by atoms with Gasteiger partial charge < -0.3 is 19.4 Å². The van der Waals surface area contributed by atoms with Crippen LogP contribution >= 0.6 is 0 Å². The van der Waals surface area contributed by atoms with Gasteiger partial charge in [-0.15, -0.1) is 0 Å². The van der Waals surface area contributed by atoms with Gasteiger partial charge in [-0.1, -0.05) is 0 Å². The molecule has 1 N–H and O–H groups in total. The minimum absolute atomic E-state index is 0.750. The van der Waals surface area contributed by atoms with Gasteiger partial charge in [-0.05, 0) is 6.92 Å². The predicted octanol–water partition coefficient (Wildman–Crippen LogP) is 0.998. The number of aromatic nitrogens is 3. The van der Waals surface area contributed by atoms with Gasteiger partial charge in [0.2, 0.25) is 0 Å². The van der Waals surface area contributed by atoms with E-state index in [1.54, 1.807) is 6.20 Å². The van der Waals surface area contributed by atoms with Crippen molar-refractivity contribution in [3.63, 3.8) is 0 Å². The Morgan fingerprint density at radius 1 is 1.39 bits per heavy atom. The van der Waals surface area contributed by atoms with Crippen LogP contribution in [0.2, 0.25) is 0 Å². The molecule has 6 heteroatoms. The molecular formula is C12H17N5O. The number of hydrogen-bond acceptors (Lipinski definition) is 5. The van der Waals surface area contributed by atoms with E-state index >= 15 is 0 Å². The van der Waals surface area contributed by atoms with Crippen molar-refractivity contribution in [3.8, 4) is 0 Å². The molecule has 0 aliphatic carbocycles. The first-order chi connectivity index (χ1) is 8.88. The van der Waals surface area contributed by atoms with Crippen LogP contribution in [-0.4, -0.2) is 47.2 Å². The lowest BCUT2D eigenvalue weighted by atomic mass is 10.4. The van der Waals surface area contributed by atoms with E-state index in [4.69, 9.17) is 4.74 Å². The van der Waals surface area contributed by atoms with Crippen molar-refractivity contribution in [2.75, 3.05) is 43.1 Å². The maximum atomic E-state index is 5.38. The third-order valence-electron chi connectivity index (χ3n) is 3.02. The summed E-state index contributed by atoms with van der Waals surface area (Å²) in [6, 6.07) is 0. The van der Waals surface area contributed by atoms with Crippen molar-refractivity contribution >= 4 is 17.3 Å². The Bertz CT molecular complexity index is 532. The first-order valence-corrected chi connectivity index (χ1v) is 6.29. The molecule has 0 spiro atoms. The number of morpholine rings is 1. The Labute approximate surface area is 106 Å². The average molecular weight is 247 g/mol. The highest BCUT2D eigenvalue weighted by molar-refractivity contribution is 5.67. The fraction of sp³-hybridized carbons (Fsp3) is 0.500. The summed E-state index contributed by atoms with van der Waals surface area (Å²) in [5.74, 6) is 1.81. The van der Waals surface area contributed by atoms with Crippen molar-refractivity contribution in [2.45, 2.75) is 6.92 Å². The van der Waals surface area contributed by atoms with E-state index in [0.717, 1.165) is 50.1 Å². The zero-order valence-corrected chi connectivity index (χ0v) is 10.5. The molecule has 0 bridgehead atoms. The molecular weight excluding hydrogens is 230 g/mol. The highest BCUT2D eigenvalue weighted by Crippen LogP contribution is 2.21. The van der Waals surface area contributed by atoms with Gasteiger partial charge in [-0.2, -0.15) is 0 Å². The van der Waals surface area contributed by atoms with Crippen LogP contribution in [0.5, 0.6) is 0 Å². The number of anilines is 2. The summed E-state index contributed by atoms with van der Waals surface area (Å²) in [5.41, 5.74) is 0.901. The molecule has 2 aromatic rings. The van der Waals surface area contributed by atoms with Crippen molar-refractivity contribution in [2.24, 2.45) is 0 Å². The fourth-order valence-corrected chi connectivity index (χ4v) is 2.17. The Morgan fingerprint density at radius 2 is 2.22 bits per heavy atom. The number of fused-ring (bicyclic) bond motifs is 1. The number of nitrogens with zero attached hydrogens (tertiary/aromatic N) is 4. The van der Waals surface area contributed by atoms with Crippen LogP contribution in [0, 0.1) is 0 Å². The van der Waals surface area contributed by atoms with E-state index in [2.05, 4.69) is 27.1 Å². The Balaban J connectivity index is 2.03. The minimum Gasteiger partial charge on any atom is -0.378 e. The molecule has 0 radical (unpaired) electrons. The molecule has 18 heavy (non-hydrogen) atoms. The zero-order valence-electron chi connectivity index (χ0n) is 10.5. The predicted molar refractivity (Wildman–Crippen MR) is 70.2 cm³/mol. The van der Waals surface area contributed by atoms with Gasteiger partial charge in [-0.3, -0.25) is 0 Å². The lowest BCUT2D eigenvalue weighted by Crippen LogP contribution is -2.37. The number of rotatable bonds is 3. The van der Waals surface area contributed by atoms with Crippen molar-refractivity contribution in [3.05, 3.63) is 18.6 Å². The van der Waals surface area contributed by atoms with Crippen LogP contribution in [-0.2, 0) is 4.74 Å². The van der Waals surface area contributed by atoms with Crippen molar-refractivity contribution in [1.29, 1.82) is 0 Å². The van der Waals surface area contributed by atoms with Crippen LogP contribution < -0.4 is 10.2 Å². The third-order valence-corrected chi connectivity index (χ3v) is 3.02. The summed E-state index contributed by atoms with van der Waals surface area (Å²) >= 11 is 0. The molecule has 1 saturated heterocycles. The molecule has 1 fully saturated rings. The number of hydrogen-bond donors (Lipinski definition) is 1. The molecule has 0 atom stereocenters. The summed E-state index contributed by atoms with van der Waals surface area (Å²) in [6.45, 7) is 6.15. The second-order valence-electron chi connectivity index (χ2n) is 4.24. The summed E-state index contributed by atoms with van der Waals surface area (Å²) in [7, 11) is 0. The molecule has 1 aliphatic heterocycles. The lowest BCUT2D eigenvalue weighted by Gasteiger charge is -2.28. The van der Waals surface area contributed by atoms with Gasteiger partial charge in [0.15, 0.2) is 11.5 Å². The summed E-state index contributed by atoms with van der Waals surface area (Å²) < 4.78 is 7.39. The van der Waals surface area contributed by atoms with Gasteiger partial charge >= 0.3 is 0 Å². The number of ether oxygens (including phenoxy) is 1. The molecule has 0 aromatic carbocycles. The zero-order chi connectivity index (χ0) is 12.4. The van der Waals surface area contributed by atoms with Crippen molar-refractivity contribution in [1.82, 2.24) is 14.4 Å². The monoisotopic (exact) mass is 247 g/mol. The van der Waals surface area contributed by atoms with E-state index in [-0.39, 0.29) is 0 Å². The molecule has 2 aromatic heterocycles. The SMILES string of the molecule is CCNc1cn2ccnc2c(N2CCOCC2)n1. The Kier molecular flexibility index (Phi) is 3.02. The number of nitrogens with one attached hydrogen (secondary N) is 1. The van der Waals surface area contributed by atoms with Gasteiger partial charge in [0.1, 0.15) is 5.82 Å². The fourth-order valence-electron chi connectivity index (χ4n) is 2.17. The normalized spacial score (nSPS) is 16.2. The van der Waals surface area contributed by atoms with Crippen LogP contribution in [0.3, 0.4) is 0 Å². The van der Waals surface area contributed by atoms with E-state index in [9.17, 15) is 0 Å². The van der Waals surface area contributed by atoms with Gasteiger partial charge in [-0.25, -0.2) is 9.97 Å². The molecule has 96 valence electrons. The maximum Gasteiger partial charge on any atom is 0.180 e. The topological polar surface area (TPSA) is 54.7 Å². The van der Waals surface area contributed by atoms with Gasteiger partial charge in [0, 0.05) is 32.0 Å². The summed E-state index contributed by atoms with van der Waals surface area (Å²) in [6.07, 6.45) is 5.72. The van der Waals surface area contributed by atoms with Crippen LogP contribution in [0.4, 0.5) is 11.6 Å². The second kappa shape index (κ2) is 4.81. The largest absolute Gasteiger partial charge is 0.378 e. The smallest absolute Gasteiger partial charge is 0.180 e. The van der Waals surface area contributed by atoms with Crippen LogP contribution in [0.25, 0.3) is 5.65 Å². The van der Waals surface area contributed by atoms with E-state index < -0.39 is 0 Å². The second-order valence-corrected chi connectivity index (χ2v) is 4.24. The molecule has 6 nitrogen and oxygen atoms in total. The van der Waals surface area contributed by atoms with Crippen LogP contribution in [0.1, 0.15) is 6.92 Å². The van der Waals surface area contributed by atoms with Gasteiger partial charge in [0.05, 0.1) is 19.4 Å². The maximum absolute atomic E-state index is 5.38. The highest BCUT2D eigenvalue weighted by atomic mass is 16.5. The molecule has 0 unspecified atom stereocenters.